The standard InChI is InChI=1S/C11H12FN3O3/c12-10-2-1-8(15(17)18)5-9(10)11(16)14-7-3-4-13-6-7/h1-2,5,7,13H,3-4,6H2,(H,14,16). The maximum atomic E-state index is 13.5. The van der Waals surface area contributed by atoms with Gasteiger partial charge in [-0.2, -0.15) is 0 Å². The molecule has 0 saturated carbocycles. The number of amides is 1. The summed E-state index contributed by atoms with van der Waals surface area (Å²) in [6.07, 6.45) is 0.766. The average Bonchev–Trinajstić information content (AvgIpc) is 2.81. The zero-order chi connectivity index (χ0) is 13.1. The van der Waals surface area contributed by atoms with E-state index in [1.54, 1.807) is 0 Å². The SMILES string of the molecule is O=C(NC1CCNC1)c1cc([N+](=O)[O-])ccc1F. The fraction of sp³-hybridized carbons (Fsp3) is 0.364. The van der Waals surface area contributed by atoms with E-state index in [0.717, 1.165) is 31.2 Å². The maximum absolute atomic E-state index is 13.5. The van der Waals surface area contributed by atoms with Crippen molar-refractivity contribution in [2.24, 2.45) is 0 Å². The van der Waals surface area contributed by atoms with E-state index in [0.29, 0.717) is 6.54 Å². The molecule has 1 heterocycles. The van der Waals surface area contributed by atoms with E-state index < -0.39 is 16.6 Å². The van der Waals surface area contributed by atoms with Gasteiger partial charge < -0.3 is 10.6 Å². The van der Waals surface area contributed by atoms with Gasteiger partial charge in [-0.1, -0.05) is 0 Å². The molecule has 7 heteroatoms. The Morgan fingerprint density at radius 1 is 1.56 bits per heavy atom. The van der Waals surface area contributed by atoms with Gasteiger partial charge in [-0.05, 0) is 19.0 Å². The molecule has 0 radical (unpaired) electrons. The van der Waals surface area contributed by atoms with Crippen LogP contribution in [-0.4, -0.2) is 30.0 Å². The molecule has 1 aromatic carbocycles. The van der Waals surface area contributed by atoms with Gasteiger partial charge in [0, 0.05) is 24.7 Å². The molecule has 1 atom stereocenters. The Balaban J connectivity index is 2.17. The van der Waals surface area contributed by atoms with Crippen LogP contribution in [0.15, 0.2) is 18.2 Å². The number of benzene rings is 1. The Kier molecular flexibility index (Phi) is 3.52. The Morgan fingerprint density at radius 2 is 2.33 bits per heavy atom. The van der Waals surface area contributed by atoms with E-state index >= 15 is 0 Å². The molecule has 1 fully saturated rings. The lowest BCUT2D eigenvalue weighted by molar-refractivity contribution is -0.384. The monoisotopic (exact) mass is 253 g/mol. The smallest absolute Gasteiger partial charge is 0.270 e. The summed E-state index contributed by atoms with van der Waals surface area (Å²) in [5.41, 5.74) is -0.595. The van der Waals surface area contributed by atoms with Gasteiger partial charge >= 0.3 is 0 Å². The number of nitrogens with zero attached hydrogens (tertiary/aromatic N) is 1. The molecule has 0 aromatic heterocycles. The van der Waals surface area contributed by atoms with Crippen LogP contribution in [0.3, 0.4) is 0 Å². The second kappa shape index (κ2) is 5.09. The van der Waals surface area contributed by atoms with Crippen LogP contribution < -0.4 is 10.6 Å². The van der Waals surface area contributed by atoms with Crippen molar-refractivity contribution in [1.82, 2.24) is 10.6 Å². The van der Waals surface area contributed by atoms with Crippen LogP contribution in [0, 0.1) is 15.9 Å². The summed E-state index contributed by atoms with van der Waals surface area (Å²) in [6, 6.07) is 2.85. The van der Waals surface area contributed by atoms with Crippen LogP contribution in [0.5, 0.6) is 0 Å². The number of non-ortho nitro benzene ring substituents is 1. The Labute approximate surface area is 102 Å². The number of rotatable bonds is 3. The molecule has 18 heavy (non-hydrogen) atoms. The van der Waals surface area contributed by atoms with Crippen LogP contribution in [0.2, 0.25) is 0 Å². The second-order valence-corrected chi connectivity index (χ2v) is 4.08. The first-order valence-electron chi connectivity index (χ1n) is 5.53. The first-order valence-corrected chi connectivity index (χ1v) is 5.53. The zero-order valence-electron chi connectivity index (χ0n) is 9.48. The Bertz CT molecular complexity index is 486. The fourth-order valence-electron chi connectivity index (χ4n) is 1.84. The minimum absolute atomic E-state index is 0.0591. The fourth-order valence-corrected chi connectivity index (χ4v) is 1.84. The Morgan fingerprint density at radius 3 is 2.94 bits per heavy atom. The molecular weight excluding hydrogens is 241 g/mol. The van der Waals surface area contributed by atoms with Crippen LogP contribution in [-0.2, 0) is 0 Å². The predicted octanol–water partition coefficient (Wildman–Crippen LogP) is 0.826. The van der Waals surface area contributed by atoms with E-state index in [9.17, 15) is 19.3 Å². The van der Waals surface area contributed by atoms with Gasteiger partial charge in [-0.25, -0.2) is 4.39 Å². The number of hydrogen-bond donors (Lipinski definition) is 2. The average molecular weight is 253 g/mol. The van der Waals surface area contributed by atoms with Gasteiger partial charge in [0.25, 0.3) is 11.6 Å². The topological polar surface area (TPSA) is 84.3 Å². The molecule has 1 amide bonds. The first-order chi connectivity index (χ1) is 8.58. The number of carbonyl (C=O) groups excluding carboxylic acids is 1. The summed E-state index contributed by atoms with van der Waals surface area (Å²) in [5.74, 6) is -1.38. The molecule has 1 aromatic rings. The van der Waals surface area contributed by atoms with Crippen LogP contribution in [0.4, 0.5) is 10.1 Å². The largest absolute Gasteiger partial charge is 0.348 e. The number of hydrogen-bond acceptors (Lipinski definition) is 4. The van der Waals surface area contributed by atoms with Crippen molar-refractivity contribution in [3.05, 3.63) is 39.7 Å². The second-order valence-electron chi connectivity index (χ2n) is 4.08. The van der Waals surface area contributed by atoms with Crippen molar-refractivity contribution >= 4 is 11.6 Å². The summed E-state index contributed by atoms with van der Waals surface area (Å²) in [5, 5.41) is 16.3. The van der Waals surface area contributed by atoms with Crippen molar-refractivity contribution in [3.8, 4) is 0 Å². The molecule has 2 rings (SSSR count). The van der Waals surface area contributed by atoms with Crippen molar-refractivity contribution in [1.29, 1.82) is 0 Å². The summed E-state index contributed by atoms with van der Waals surface area (Å²) >= 11 is 0. The highest BCUT2D eigenvalue weighted by molar-refractivity contribution is 5.95. The normalized spacial score (nSPS) is 18.6. The van der Waals surface area contributed by atoms with Gasteiger partial charge in [0.05, 0.1) is 10.5 Å². The molecule has 1 aliphatic heterocycles. The molecule has 1 aliphatic rings. The van der Waals surface area contributed by atoms with E-state index in [4.69, 9.17) is 0 Å². The summed E-state index contributed by atoms with van der Waals surface area (Å²) in [6.45, 7) is 1.42. The minimum atomic E-state index is -0.760. The molecule has 0 aliphatic carbocycles. The number of nitro benzene ring substituents is 1. The van der Waals surface area contributed by atoms with Crippen molar-refractivity contribution in [2.45, 2.75) is 12.5 Å². The molecule has 96 valence electrons. The third kappa shape index (κ3) is 2.62. The zero-order valence-corrected chi connectivity index (χ0v) is 9.48. The van der Waals surface area contributed by atoms with Crippen molar-refractivity contribution in [2.75, 3.05) is 13.1 Å². The van der Waals surface area contributed by atoms with E-state index in [1.165, 1.54) is 0 Å². The maximum Gasteiger partial charge on any atom is 0.270 e. The van der Waals surface area contributed by atoms with Gasteiger partial charge in [0.15, 0.2) is 0 Å². The molecule has 1 unspecified atom stereocenters. The quantitative estimate of drug-likeness (QED) is 0.617. The van der Waals surface area contributed by atoms with Crippen molar-refractivity contribution in [3.63, 3.8) is 0 Å². The third-order valence-corrected chi connectivity index (χ3v) is 2.80. The Hall–Kier alpha value is -2.02. The third-order valence-electron chi connectivity index (χ3n) is 2.80. The highest BCUT2D eigenvalue weighted by atomic mass is 19.1. The van der Waals surface area contributed by atoms with Gasteiger partial charge in [-0.15, -0.1) is 0 Å². The van der Waals surface area contributed by atoms with Crippen LogP contribution in [0.25, 0.3) is 0 Å². The molecule has 1 saturated heterocycles. The summed E-state index contributed by atoms with van der Waals surface area (Å²) < 4.78 is 13.5. The molecule has 0 bridgehead atoms. The number of carbonyl (C=O) groups is 1. The summed E-state index contributed by atoms with van der Waals surface area (Å²) in [7, 11) is 0. The lowest BCUT2D eigenvalue weighted by Crippen LogP contribution is -2.36. The van der Waals surface area contributed by atoms with Crippen LogP contribution >= 0.6 is 0 Å². The predicted molar refractivity (Wildman–Crippen MR) is 61.8 cm³/mol. The lowest BCUT2D eigenvalue weighted by atomic mass is 10.1. The van der Waals surface area contributed by atoms with Gasteiger partial charge in [0.1, 0.15) is 5.82 Å². The number of halogens is 1. The van der Waals surface area contributed by atoms with E-state index in [1.807, 2.05) is 0 Å². The van der Waals surface area contributed by atoms with E-state index in [2.05, 4.69) is 10.6 Å². The number of nitro groups is 1. The molecule has 0 spiro atoms. The van der Waals surface area contributed by atoms with Gasteiger partial charge in [-0.3, -0.25) is 14.9 Å². The van der Waals surface area contributed by atoms with Crippen molar-refractivity contribution < 1.29 is 14.1 Å². The van der Waals surface area contributed by atoms with Gasteiger partial charge in [0.2, 0.25) is 0 Å². The lowest BCUT2D eigenvalue weighted by Gasteiger charge is -2.11. The molecular formula is C11H12FN3O3. The minimum Gasteiger partial charge on any atom is -0.348 e. The van der Waals surface area contributed by atoms with E-state index in [-0.39, 0.29) is 17.3 Å². The summed E-state index contributed by atoms with van der Waals surface area (Å²) in [4.78, 5) is 21.7. The van der Waals surface area contributed by atoms with Crippen LogP contribution in [0.1, 0.15) is 16.8 Å². The highest BCUT2D eigenvalue weighted by Gasteiger charge is 2.21. The number of nitrogens with one attached hydrogen (secondary N) is 2. The molecule has 6 nitrogen and oxygen atoms in total. The molecule has 2 N–H and O–H groups in total. The first kappa shape index (κ1) is 12.4. The highest BCUT2D eigenvalue weighted by Crippen LogP contribution is 2.17.